The minimum atomic E-state index is -0.228. The summed E-state index contributed by atoms with van der Waals surface area (Å²) in [6, 6.07) is 8.96. The first-order valence-electron chi connectivity index (χ1n) is 8.20. The summed E-state index contributed by atoms with van der Waals surface area (Å²) in [4.78, 5) is 14.4. The molecule has 3 N–H and O–H groups in total. The van der Waals surface area contributed by atoms with Crippen LogP contribution in [0.25, 0.3) is 0 Å². The van der Waals surface area contributed by atoms with Crippen molar-refractivity contribution >= 4 is 36.4 Å². The molecule has 0 aliphatic carbocycles. The molecule has 0 radical (unpaired) electrons. The van der Waals surface area contributed by atoms with E-state index in [4.69, 9.17) is 14.9 Å². The van der Waals surface area contributed by atoms with Gasteiger partial charge in [0.2, 0.25) is 0 Å². The second-order valence-corrected chi connectivity index (χ2v) is 5.36. The van der Waals surface area contributed by atoms with E-state index in [0.717, 1.165) is 25.4 Å². The molecule has 0 spiro atoms. The summed E-state index contributed by atoms with van der Waals surface area (Å²) in [5.41, 5.74) is 6.62. The first kappa shape index (κ1) is 24.3. The molecule has 0 unspecified atom stereocenters. The van der Waals surface area contributed by atoms with Gasteiger partial charge in [-0.3, -0.25) is 4.79 Å². The molecule has 2 aromatic rings. The molecule has 1 aromatic carbocycles. The number of carbonyl (C=O) groups excluding carboxylic acids is 1. The molecule has 146 valence electrons. The number of hydrogen-bond donors (Lipinski definition) is 2. The van der Waals surface area contributed by atoms with Gasteiger partial charge in [-0.2, -0.15) is 0 Å². The third kappa shape index (κ3) is 7.25. The fourth-order valence-corrected chi connectivity index (χ4v) is 2.28. The maximum absolute atomic E-state index is 12.1. The number of nitrogens with two attached hydrogens (primary N) is 1. The Morgan fingerprint density at radius 3 is 2.38 bits per heavy atom. The summed E-state index contributed by atoms with van der Waals surface area (Å²) in [6.45, 7) is 8.12. The number of rotatable bonds is 9. The van der Waals surface area contributed by atoms with Crippen LogP contribution in [0.15, 0.2) is 41.0 Å². The van der Waals surface area contributed by atoms with Gasteiger partial charge >= 0.3 is 0 Å². The van der Waals surface area contributed by atoms with Crippen LogP contribution in [0.1, 0.15) is 30.0 Å². The number of furan rings is 1. The fourth-order valence-electron chi connectivity index (χ4n) is 2.28. The highest BCUT2D eigenvalue weighted by Gasteiger charge is 2.10. The van der Waals surface area contributed by atoms with Gasteiger partial charge in [0.05, 0.1) is 12.1 Å². The number of halogens is 2. The van der Waals surface area contributed by atoms with Crippen molar-refractivity contribution in [2.75, 3.05) is 31.6 Å². The number of amides is 1. The van der Waals surface area contributed by atoms with E-state index in [1.165, 1.54) is 6.26 Å². The lowest BCUT2D eigenvalue weighted by molar-refractivity contribution is 0.102. The number of ether oxygens (including phenoxy) is 1. The number of hydrogen-bond acceptors (Lipinski definition) is 5. The second kappa shape index (κ2) is 12.6. The van der Waals surface area contributed by atoms with Gasteiger partial charge in [-0.1, -0.05) is 13.8 Å². The minimum absolute atomic E-state index is 0. The number of nitrogens with one attached hydrogen (secondary N) is 1. The summed E-state index contributed by atoms with van der Waals surface area (Å²) < 4.78 is 10.9. The normalized spacial score (nSPS) is 10.0. The van der Waals surface area contributed by atoms with Crippen molar-refractivity contribution in [1.82, 2.24) is 4.90 Å². The maximum atomic E-state index is 12.1. The van der Waals surface area contributed by atoms with Crippen LogP contribution in [0, 0.1) is 0 Å². The number of carbonyl (C=O) groups is 1. The monoisotopic (exact) mass is 403 g/mol. The van der Waals surface area contributed by atoms with Crippen LogP contribution in [0.5, 0.6) is 5.75 Å². The predicted octanol–water partition coefficient (Wildman–Crippen LogP) is 3.55. The SMILES string of the molecule is CCN(CC)CCOc1ccc(NC(=O)c2coc(CN)c2)cc1.Cl.Cl. The molecular formula is C18H27Cl2N3O3. The van der Waals surface area contributed by atoms with Gasteiger partial charge in [-0.25, -0.2) is 0 Å². The molecule has 0 atom stereocenters. The first-order valence-corrected chi connectivity index (χ1v) is 8.20. The quantitative estimate of drug-likeness (QED) is 0.668. The largest absolute Gasteiger partial charge is 0.492 e. The molecule has 0 saturated heterocycles. The third-order valence-electron chi connectivity index (χ3n) is 3.80. The lowest BCUT2D eigenvalue weighted by Gasteiger charge is -2.18. The second-order valence-electron chi connectivity index (χ2n) is 5.36. The highest BCUT2D eigenvalue weighted by Crippen LogP contribution is 2.17. The highest BCUT2D eigenvalue weighted by molar-refractivity contribution is 6.04. The Labute approximate surface area is 166 Å². The lowest BCUT2D eigenvalue weighted by atomic mass is 10.2. The maximum Gasteiger partial charge on any atom is 0.258 e. The summed E-state index contributed by atoms with van der Waals surface area (Å²) in [6.07, 6.45) is 1.40. The molecule has 26 heavy (non-hydrogen) atoms. The van der Waals surface area contributed by atoms with Crippen LogP contribution < -0.4 is 15.8 Å². The van der Waals surface area contributed by atoms with Crippen molar-refractivity contribution in [3.05, 3.63) is 47.9 Å². The molecule has 0 bridgehead atoms. The van der Waals surface area contributed by atoms with Gasteiger partial charge in [0.15, 0.2) is 0 Å². The molecular weight excluding hydrogens is 377 g/mol. The summed E-state index contributed by atoms with van der Waals surface area (Å²) in [7, 11) is 0. The number of anilines is 1. The van der Waals surface area contributed by atoms with Gasteiger partial charge in [-0.15, -0.1) is 24.8 Å². The topological polar surface area (TPSA) is 80.7 Å². The minimum Gasteiger partial charge on any atom is -0.492 e. The van der Waals surface area contributed by atoms with Crippen LogP contribution in [0.3, 0.4) is 0 Å². The van der Waals surface area contributed by atoms with E-state index in [2.05, 4.69) is 24.1 Å². The molecule has 8 heteroatoms. The van der Waals surface area contributed by atoms with Crippen molar-refractivity contribution in [3.63, 3.8) is 0 Å². The molecule has 0 aliphatic heterocycles. The molecule has 6 nitrogen and oxygen atoms in total. The Hall–Kier alpha value is -1.73. The summed E-state index contributed by atoms with van der Waals surface area (Å²) in [5.74, 6) is 1.14. The smallest absolute Gasteiger partial charge is 0.258 e. The van der Waals surface area contributed by atoms with Gasteiger partial charge in [-0.05, 0) is 43.4 Å². The Bertz CT molecular complexity index is 643. The molecule has 0 aliphatic rings. The van der Waals surface area contributed by atoms with Crippen LogP contribution >= 0.6 is 24.8 Å². The molecule has 1 amide bonds. The Morgan fingerprint density at radius 1 is 1.19 bits per heavy atom. The van der Waals surface area contributed by atoms with Gasteiger partial charge in [0.25, 0.3) is 5.91 Å². The van der Waals surface area contributed by atoms with Gasteiger partial charge in [0, 0.05) is 12.2 Å². The average molecular weight is 404 g/mol. The van der Waals surface area contributed by atoms with E-state index >= 15 is 0 Å². The molecule has 0 fully saturated rings. The average Bonchev–Trinajstić information content (AvgIpc) is 3.09. The van der Waals surface area contributed by atoms with E-state index in [-0.39, 0.29) is 37.3 Å². The van der Waals surface area contributed by atoms with Crippen molar-refractivity contribution < 1.29 is 13.9 Å². The van der Waals surface area contributed by atoms with Crippen molar-refractivity contribution in [2.45, 2.75) is 20.4 Å². The Balaban J connectivity index is 0.00000312. The first-order chi connectivity index (χ1) is 11.7. The van der Waals surface area contributed by atoms with Crippen molar-refractivity contribution in [2.24, 2.45) is 5.73 Å². The summed E-state index contributed by atoms with van der Waals surface area (Å²) >= 11 is 0. The van der Waals surface area contributed by atoms with Crippen LogP contribution in [-0.2, 0) is 6.54 Å². The predicted molar refractivity (Wildman–Crippen MR) is 109 cm³/mol. The van der Waals surface area contributed by atoms with E-state index in [1.807, 2.05) is 24.3 Å². The fraction of sp³-hybridized carbons (Fsp3) is 0.389. The molecule has 2 rings (SSSR count). The number of likely N-dealkylation sites (N-methyl/N-ethyl adjacent to an activating group) is 1. The molecule has 0 saturated carbocycles. The molecule has 1 aromatic heterocycles. The summed E-state index contributed by atoms with van der Waals surface area (Å²) in [5, 5.41) is 2.81. The third-order valence-corrected chi connectivity index (χ3v) is 3.80. The number of benzene rings is 1. The van der Waals surface area contributed by atoms with E-state index < -0.39 is 0 Å². The van der Waals surface area contributed by atoms with Crippen LogP contribution in [-0.4, -0.2) is 37.0 Å². The van der Waals surface area contributed by atoms with E-state index in [1.54, 1.807) is 6.07 Å². The zero-order valence-corrected chi connectivity index (χ0v) is 16.7. The van der Waals surface area contributed by atoms with E-state index in [9.17, 15) is 4.79 Å². The van der Waals surface area contributed by atoms with Crippen LogP contribution in [0.2, 0.25) is 0 Å². The van der Waals surface area contributed by atoms with Crippen molar-refractivity contribution in [1.29, 1.82) is 0 Å². The molecule has 1 heterocycles. The van der Waals surface area contributed by atoms with Crippen molar-refractivity contribution in [3.8, 4) is 5.75 Å². The van der Waals surface area contributed by atoms with Gasteiger partial charge in [0.1, 0.15) is 24.4 Å². The van der Waals surface area contributed by atoms with Crippen LogP contribution in [0.4, 0.5) is 5.69 Å². The zero-order chi connectivity index (χ0) is 17.4. The number of nitrogens with zero attached hydrogens (tertiary/aromatic N) is 1. The Kier molecular flexibility index (Phi) is 11.8. The standard InChI is InChI=1S/C18H25N3O3.2ClH/c1-3-21(4-2)9-10-23-16-7-5-15(6-8-16)20-18(22)14-11-17(12-19)24-13-14;;/h5-8,11,13H,3-4,9-10,12,19H2,1-2H3,(H,20,22);2*1H. The zero-order valence-electron chi connectivity index (χ0n) is 15.1. The lowest BCUT2D eigenvalue weighted by Crippen LogP contribution is -2.27. The van der Waals surface area contributed by atoms with E-state index in [0.29, 0.717) is 23.6 Å². The Morgan fingerprint density at radius 2 is 1.85 bits per heavy atom. The highest BCUT2D eigenvalue weighted by atomic mass is 35.5. The van der Waals surface area contributed by atoms with Gasteiger partial charge < -0.3 is 25.1 Å².